The van der Waals surface area contributed by atoms with E-state index in [-0.39, 0.29) is 23.4 Å². The molecular formula is C22H24F3N3O4S. The highest BCUT2D eigenvalue weighted by Crippen LogP contribution is 2.36. The van der Waals surface area contributed by atoms with Gasteiger partial charge >= 0.3 is 6.18 Å². The largest absolute Gasteiger partial charge is 0.507 e. The third kappa shape index (κ3) is 4.99. The second-order valence-corrected chi connectivity index (χ2v) is 10.3. The first kappa shape index (κ1) is 23.5. The predicted octanol–water partition coefficient (Wildman–Crippen LogP) is 2.20. The van der Waals surface area contributed by atoms with Crippen molar-refractivity contribution in [3.05, 3.63) is 53.6 Å². The van der Waals surface area contributed by atoms with E-state index < -0.39 is 32.2 Å². The Labute approximate surface area is 189 Å². The standard InChI is InChI=1S/C22H24F3N3O4S/c23-22(24,25)15-3-6-20(19(29)10-15)33(31,32)16-4-1-13(2-5-16)11-27-21(30)18-9-14-12-26-8-7-17(14)28-18/h1-6,10,14,17-18,26,28-29H,7-9,11-12H2,(H,27,30). The second-order valence-electron chi connectivity index (χ2n) is 8.36. The van der Waals surface area contributed by atoms with Crippen LogP contribution in [0.3, 0.4) is 0 Å². The molecule has 0 aromatic heterocycles. The molecule has 0 radical (unpaired) electrons. The number of hydrogen-bond acceptors (Lipinski definition) is 6. The highest BCUT2D eigenvalue weighted by atomic mass is 32.2. The molecule has 0 bridgehead atoms. The van der Waals surface area contributed by atoms with Gasteiger partial charge in [-0.05, 0) is 67.7 Å². The number of hydrogen-bond donors (Lipinski definition) is 4. The van der Waals surface area contributed by atoms with Crippen molar-refractivity contribution in [3.63, 3.8) is 0 Å². The summed E-state index contributed by atoms with van der Waals surface area (Å²) in [6, 6.07) is 7.43. The van der Waals surface area contributed by atoms with Gasteiger partial charge in [0.2, 0.25) is 15.7 Å². The van der Waals surface area contributed by atoms with Crippen molar-refractivity contribution < 1.29 is 31.5 Å². The summed E-state index contributed by atoms with van der Waals surface area (Å²) in [5.41, 5.74) is -0.478. The highest BCUT2D eigenvalue weighted by Gasteiger charge is 2.38. The summed E-state index contributed by atoms with van der Waals surface area (Å²) in [7, 11) is -4.23. The van der Waals surface area contributed by atoms with E-state index in [1.807, 2.05) is 0 Å². The predicted molar refractivity (Wildman–Crippen MR) is 113 cm³/mol. The number of alkyl halides is 3. The Morgan fingerprint density at radius 3 is 2.52 bits per heavy atom. The van der Waals surface area contributed by atoms with Crippen molar-refractivity contribution in [2.24, 2.45) is 5.92 Å². The molecule has 4 N–H and O–H groups in total. The third-order valence-corrected chi connectivity index (χ3v) is 7.97. The maximum Gasteiger partial charge on any atom is 0.416 e. The van der Waals surface area contributed by atoms with Gasteiger partial charge in [-0.15, -0.1) is 0 Å². The molecule has 11 heteroatoms. The molecule has 0 spiro atoms. The molecule has 0 saturated carbocycles. The Hall–Kier alpha value is -2.63. The number of halogens is 3. The van der Waals surface area contributed by atoms with Crippen LogP contribution in [-0.4, -0.2) is 44.6 Å². The van der Waals surface area contributed by atoms with Crippen molar-refractivity contribution in [1.29, 1.82) is 0 Å². The number of nitrogens with one attached hydrogen (secondary N) is 3. The van der Waals surface area contributed by atoms with Gasteiger partial charge < -0.3 is 21.1 Å². The summed E-state index contributed by atoms with van der Waals surface area (Å²) in [6.07, 6.45) is -2.95. The fourth-order valence-corrected chi connectivity index (χ4v) is 5.68. The zero-order chi connectivity index (χ0) is 23.8. The van der Waals surface area contributed by atoms with Gasteiger partial charge in [0.05, 0.1) is 16.5 Å². The van der Waals surface area contributed by atoms with Crippen LogP contribution in [0, 0.1) is 5.92 Å². The molecule has 2 saturated heterocycles. The van der Waals surface area contributed by atoms with Crippen LogP contribution in [0.2, 0.25) is 0 Å². The minimum Gasteiger partial charge on any atom is -0.507 e. The first-order valence-corrected chi connectivity index (χ1v) is 12.0. The number of rotatable bonds is 5. The molecule has 178 valence electrons. The van der Waals surface area contributed by atoms with E-state index in [1.54, 1.807) is 0 Å². The van der Waals surface area contributed by atoms with E-state index in [1.165, 1.54) is 24.3 Å². The lowest BCUT2D eigenvalue weighted by atomic mass is 9.94. The molecule has 3 unspecified atom stereocenters. The van der Waals surface area contributed by atoms with Gasteiger partial charge in [-0.2, -0.15) is 13.2 Å². The van der Waals surface area contributed by atoms with E-state index in [0.717, 1.165) is 32.0 Å². The van der Waals surface area contributed by atoms with E-state index in [2.05, 4.69) is 16.0 Å². The summed E-state index contributed by atoms with van der Waals surface area (Å²) in [6.45, 7) is 2.03. The van der Waals surface area contributed by atoms with Gasteiger partial charge in [-0.3, -0.25) is 4.79 Å². The summed E-state index contributed by atoms with van der Waals surface area (Å²) in [5, 5.41) is 19.4. The molecule has 0 aliphatic carbocycles. The smallest absolute Gasteiger partial charge is 0.416 e. The number of carbonyl (C=O) groups is 1. The number of carbonyl (C=O) groups excluding carboxylic acids is 1. The third-order valence-electron chi connectivity index (χ3n) is 6.15. The fraction of sp³-hybridized carbons (Fsp3) is 0.409. The van der Waals surface area contributed by atoms with Crippen LogP contribution in [-0.2, 0) is 27.4 Å². The van der Waals surface area contributed by atoms with Crippen LogP contribution in [0.1, 0.15) is 24.0 Å². The zero-order valence-electron chi connectivity index (χ0n) is 17.5. The van der Waals surface area contributed by atoms with Crippen LogP contribution in [0.5, 0.6) is 5.75 Å². The van der Waals surface area contributed by atoms with E-state index in [4.69, 9.17) is 0 Å². The Balaban J connectivity index is 1.40. The van der Waals surface area contributed by atoms with Gasteiger partial charge in [0, 0.05) is 12.6 Å². The van der Waals surface area contributed by atoms with E-state index in [0.29, 0.717) is 29.7 Å². The lowest BCUT2D eigenvalue weighted by Crippen LogP contribution is -2.45. The summed E-state index contributed by atoms with van der Waals surface area (Å²) >= 11 is 0. The number of benzene rings is 2. The minimum absolute atomic E-state index is 0.115. The number of sulfone groups is 1. The molecule has 2 aliphatic rings. The Morgan fingerprint density at radius 2 is 1.88 bits per heavy atom. The Morgan fingerprint density at radius 1 is 1.15 bits per heavy atom. The molecule has 2 aromatic rings. The van der Waals surface area contributed by atoms with Crippen LogP contribution in [0.15, 0.2) is 52.3 Å². The van der Waals surface area contributed by atoms with Gasteiger partial charge in [-0.1, -0.05) is 12.1 Å². The minimum atomic E-state index is -4.70. The fourth-order valence-electron chi connectivity index (χ4n) is 4.35. The average molecular weight is 484 g/mol. The Bertz CT molecular complexity index is 1120. The molecular weight excluding hydrogens is 459 g/mol. The molecule has 2 aliphatic heterocycles. The van der Waals surface area contributed by atoms with Crippen LogP contribution in [0.25, 0.3) is 0 Å². The van der Waals surface area contributed by atoms with Crippen molar-refractivity contribution in [1.82, 2.24) is 16.0 Å². The molecule has 7 nitrogen and oxygen atoms in total. The normalized spacial score (nSPS) is 23.2. The summed E-state index contributed by atoms with van der Waals surface area (Å²) < 4.78 is 63.8. The first-order valence-electron chi connectivity index (χ1n) is 10.5. The van der Waals surface area contributed by atoms with Crippen LogP contribution in [0.4, 0.5) is 13.2 Å². The molecule has 2 fully saturated rings. The van der Waals surface area contributed by atoms with Gasteiger partial charge in [0.1, 0.15) is 10.6 Å². The zero-order valence-corrected chi connectivity index (χ0v) is 18.3. The maximum absolute atomic E-state index is 12.8. The highest BCUT2D eigenvalue weighted by molar-refractivity contribution is 7.91. The number of piperidine rings is 1. The van der Waals surface area contributed by atoms with Crippen molar-refractivity contribution in [3.8, 4) is 5.75 Å². The number of fused-ring (bicyclic) bond motifs is 1. The molecule has 3 atom stereocenters. The molecule has 2 aromatic carbocycles. The maximum atomic E-state index is 12.8. The van der Waals surface area contributed by atoms with Gasteiger partial charge in [0.15, 0.2) is 0 Å². The second kappa shape index (κ2) is 8.96. The number of amides is 1. The molecule has 1 amide bonds. The monoisotopic (exact) mass is 483 g/mol. The SMILES string of the molecule is O=C(NCc1ccc(S(=O)(=O)c2ccc(C(F)(F)F)cc2O)cc1)C1CC2CNCCC2N1. The molecule has 2 heterocycles. The van der Waals surface area contributed by atoms with Crippen molar-refractivity contribution in [2.75, 3.05) is 13.1 Å². The lowest BCUT2D eigenvalue weighted by Gasteiger charge is -2.25. The van der Waals surface area contributed by atoms with Gasteiger partial charge in [0.25, 0.3) is 0 Å². The number of phenolic OH excluding ortho intramolecular Hbond substituents is 1. The molecule has 4 rings (SSSR count). The van der Waals surface area contributed by atoms with E-state index in [9.17, 15) is 31.5 Å². The number of aromatic hydroxyl groups is 1. The van der Waals surface area contributed by atoms with Crippen molar-refractivity contribution in [2.45, 2.75) is 47.4 Å². The summed E-state index contributed by atoms with van der Waals surface area (Å²) in [4.78, 5) is 11.7. The Kier molecular flexibility index (Phi) is 6.39. The number of phenols is 1. The van der Waals surface area contributed by atoms with Crippen molar-refractivity contribution >= 4 is 15.7 Å². The quantitative estimate of drug-likeness (QED) is 0.520. The van der Waals surface area contributed by atoms with Crippen LogP contribution >= 0.6 is 0 Å². The molecule has 33 heavy (non-hydrogen) atoms. The average Bonchev–Trinajstić information content (AvgIpc) is 3.21. The van der Waals surface area contributed by atoms with E-state index >= 15 is 0 Å². The lowest BCUT2D eigenvalue weighted by molar-refractivity contribution is -0.137. The summed E-state index contributed by atoms with van der Waals surface area (Å²) in [5.74, 6) is -0.655. The van der Waals surface area contributed by atoms with Crippen LogP contribution < -0.4 is 16.0 Å². The topological polar surface area (TPSA) is 108 Å². The first-order chi connectivity index (χ1) is 15.6. The van der Waals surface area contributed by atoms with Gasteiger partial charge in [-0.25, -0.2) is 8.42 Å².